The molecule has 10 atom stereocenters. The van der Waals surface area contributed by atoms with Gasteiger partial charge in [0.25, 0.3) is 0 Å². The maximum atomic E-state index is 2.80. The molecule has 0 N–H and O–H groups in total. The average Bonchev–Trinajstić information content (AvgIpc) is 3.86. The zero-order chi connectivity index (χ0) is 27.3. The van der Waals surface area contributed by atoms with Crippen LogP contribution in [-0.4, -0.2) is 17.0 Å². The number of fused-ring (bicyclic) bond motifs is 4. The highest BCUT2D eigenvalue weighted by atomic mass is 31.1. The Morgan fingerprint density at radius 3 is 1.68 bits per heavy atom. The Morgan fingerprint density at radius 2 is 1.15 bits per heavy atom. The summed E-state index contributed by atoms with van der Waals surface area (Å²) in [5.74, 6) is 5.96. The highest BCUT2D eigenvalue weighted by Gasteiger charge is 2.53. The molecule has 41 heavy (non-hydrogen) atoms. The van der Waals surface area contributed by atoms with Crippen LogP contribution in [0.5, 0.6) is 0 Å². The summed E-state index contributed by atoms with van der Waals surface area (Å²) in [5.41, 5.74) is 4.84. The van der Waals surface area contributed by atoms with E-state index in [0.717, 1.165) is 52.5 Å². The molecule has 8 rings (SSSR count). The first-order chi connectivity index (χ1) is 20.2. The van der Waals surface area contributed by atoms with Crippen molar-refractivity contribution in [3.8, 4) is 0 Å². The SMILES string of the molecule is C[C@@H](C1CCCC1c1ccccc1P(c1ccccc1)c1ccccc1)P([C@H]1C[C@H]2CC[C@@H]1C2)[C@H]1C[C@@H]2CC[C@H]1C2. The molecule has 2 heteroatoms. The van der Waals surface area contributed by atoms with E-state index in [0.29, 0.717) is 0 Å². The van der Waals surface area contributed by atoms with Crippen molar-refractivity contribution >= 4 is 31.8 Å². The lowest BCUT2D eigenvalue weighted by Crippen LogP contribution is -2.34. The van der Waals surface area contributed by atoms with Gasteiger partial charge in [-0.2, -0.15) is 0 Å². The lowest BCUT2D eigenvalue weighted by Gasteiger charge is -2.45. The predicted octanol–water partition coefficient (Wildman–Crippen LogP) is 9.58. The molecule has 0 heterocycles. The summed E-state index contributed by atoms with van der Waals surface area (Å²) in [6.07, 6.45) is 16.9. The van der Waals surface area contributed by atoms with Crippen LogP contribution >= 0.6 is 15.8 Å². The van der Waals surface area contributed by atoms with Crippen LogP contribution in [0.25, 0.3) is 0 Å². The summed E-state index contributed by atoms with van der Waals surface area (Å²) >= 11 is 0. The largest absolute Gasteiger partial charge is 0.0965 e. The van der Waals surface area contributed by atoms with Gasteiger partial charge in [-0.1, -0.05) is 119 Å². The molecular formula is C39H48P2. The van der Waals surface area contributed by atoms with E-state index in [1.807, 2.05) is 0 Å². The first-order valence-electron chi connectivity index (χ1n) is 17.0. The standard InChI is InChI=1S/C39H48P2/c1-27(40(38-25-28-19-21-30(38)23-28)39-26-29-20-22-31(39)24-29)34-16-10-17-35(34)36-15-8-9-18-37(36)41(32-11-4-2-5-12-32)33-13-6-3-7-14-33/h2-9,11-15,18,27-31,34-35,38-39H,10,16-17,19-26H2,1H3/t27-,28-,29+,30+,31-,34?,35?,38-,39-,40?/m0/s1. The topological polar surface area (TPSA) is 0 Å². The van der Waals surface area contributed by atoms with Crippen LogP contribution in [0.3, 0.4) is 0 Å². The average molecular weight is 579 g/mol. The minimum atomic E-state index is -0.557. The zero-order valence-corrected chi connectivity index (χ0v) is 26.7. The van der Waals surface area contributed by atoms with E-state index in [9.17, 15) is 0 Å². The third kappa shape index (κ3) is 4.98. The van der Waals surface area contributed by atoms with E-state index in [2.05, 4.69) is 91.9 Å². The van der Waals surface area contributed by atoms with Gasteiger partial charge in [-0.05, 0) is 133 Å². The van der Waals surface area contributed by atoms with E-state index in [-0.39, 0.29) is 7.92 Å². The van der Waals surface area contributed by atoms with Gasteiger partial charge in [0.05, 0.1) is 0 Å². The molecule has 0 saturated heterocycles. The molecule has 5 saturated carbocycles. The van der Waals surface area contributed by atoms with Gasteiger partial charge in [-0.15, -0.1) is 0 Å². The molecule has 0 aliphatic heterocycles. The second kappa shape index (κ2) is 11.5. The second-order valence-electron chi connectivity index (χ2n) is 14.4. The van der Waals surface area contributed by atoms with Crippen molar-refractivity contribution in [3.05, 3.63) is 90.5 Å². The van der Waals surface area contributed by atoms with Crippen LogP contribution in [0.4, 0.5) is 0 Å². The smallest absolute Gasteiger partial charge is 0.0116 e. The van der Waals surface area contributed by atoms with Crippen molar-refractivity contribution in [1.82, 2.24) is 0 Å². The normalized spacial score (nSPS) is 35.4. The van der Waals surface area contributed by atoms with E-state index < -0.39 is 7.92 Å². The molecule has 0 nitrogen and oxygen atoms in total. The summed E-state index contributed by atoms with van der Waals surface area (Å²) in [4.78, 5) is 0. The summed E-state index contributed by atoms with van der Waals surface area (Å²) in [7, 11) is -0.446. The summed E-state index contributed by atoms with van der Waals surface area (Å²) in [6, 6.07) is 32.6. The molecule has 3 aromatic carbocycles. The van der Waals surface area contributed by atoms with E-state index in [4.69, 9.17) is 0 Å². The lowest BCUT2D eigenvalue weighted by molar-refractivity contribution is 0.433. The fourth-order valence-corrected chi connectivity index (χ4v) is 18.4. The van der Waals surface area contributed by atoms with Crippen molar-refractivity contribution < 1.29 is 0 Å². The molecule has 5 aliphatic carbocycles. The first kappa shape index (κ1) is 27.1. The maximum Gasteiger partial charge on any atom is -0.0116 e. The van der Waals surface area contributed by atoms with Crippen molar-refractivity contribution in [2.45, 2.75) is 100 Å². The first-order valence-corrected chi connectivity index (χ1v) is 19.9. The fourth-order valence-electron chi connectivity index (χ4n) is 10.8. The molecule has 5 aliphatic rings. The number of benzene rings is 3. The van der Waals surface area contributed by atoms with Crippen LogP contribution in [-0.2, 0) is 0 Å². The van der Waals surface area contributed by atoms with Gasteiger partial charge >= 0.3 is 0 Å². The van der Waals surface area contributed by atoms with Gasteiger partial charge in [-0.3, -0.25) is 0 Å². The number of hydrogen-bond donors (Lipinski definition) is 0. The Hall–Kier alpha value is -1.48. The van der Waals surface area contributed by atoms with E-state index in [1.165, 1.54) is 29.9 Å². The van der Waals surface area contributed by atoms with E-state index >= 15 is 0 Å². The van der Waals surface area contributed by atoms with Gasteiger partial charge in [0.2, 0.25) is 0 Å². The fraction of sp³-hybridized carbons (Fsp3) is 0.538. The minimum Gasteiger partial charge on any atom is -0.0965 e. The Labute approximate surface area is 251 Å². The minimum absolute atomic E-state index is 0.111. The van der Waals surface area contributed by atoms with Crippen LogP contribution in [0.1, 0.15) is 89.0 Å². The molecule has 3 aromatic rings. The Morgan fingerprint density at radius 1 is 0.585 bits per heavy atom. The third-order valence-electron chi connectivity index (χ3n) is 12.4. The van der Waals surface area contributed by atoms with E-state index in [1.54, 1.807) is 62.2 Å². The molecule has 214 valence electrons. The van der Waals surface area contributed by atoms with Crippen molar-refractivity contribution in [3.63, 3.8) is 0 Å². The van der Waals surface area contributed by atoms with Gasteiger partial charge in [0, 0.05) is 0 Å². The van der Waals surface area contributed by atoms with Crippen molar-refractivity contribution in [2.75, 3.05) is 0 Å². The van der Waals surface area contributed by atoms with Crippen LogP contribution in [0.15, 0.2) is 84.9 Å². The molecule has 0 amide bonds. The predicted molar refractivity (Wildman–Crippen MR) is 180 cm³/mol. The number of rotatable bonds is 8. The third-order valence-corrected chi connectivity index (χ3v) is 19.1. The monoisotopic (exact) mass is 578 g/mol. The molecule has 0 radical (unpaired) electrons. The number of hydrogen-bond acceptors (Lipinski definition) is 0. The Kier molecular flexibility index (Phi) is 7.63. The zero-order valence-electron chi connectivity index (χ0n) is 25.0. The highest BCUT2D eigenvalue weighted by Crippen LogP contribution is 2.71. The Bertz CT molecular complexity index is 1250. The lowest BCUT2D eigenvalue weighted by atomic mass is 9.87. The molecule has 0 spiro atoms. The molecular weight excluding hydrogens is 530 g/mol. The maximum absolute atomic E-state index is 2.80. The van der Waals surface area contributed by atoms with Gasteiger partial charge < -0.3 is 0 Å². The Balaban J connectivity index is 1.16. The van der Waals surface area contributed by atoms with Gasteiger partial charge in [0.1, 0.15) is 0 Å². The molecule has 4 bridgehead atoms. The van der Waals surface area contributed by atoms with Gasteiger partial charge in [-0.25, -0.2) is 0 Å². The van der Waals surface area contributed by atoms with Crippen LogP contribution < -0.4 is 15.9 Å². The molecule has 0 aromatic heterocycles. The quantitative estimate of drug-likeness (QED) is 0.234. The molecule has 3 unspecified atom stereocenters. The summed E-state index contributed by atoms with van der Waals surface area (Å²) in [6.45, 7) is 2.80. The van der Waals surface area contributed by atoms with Crippen LogP contribution in [0.2, 0.25) is 0 Å². The highest BCUT2D eigenvalue weighted by molar-refractivity contribution is 7.79. The van der Waals surface area contributed by atoms with Crippen molar-refractivity contribution in [2.24, 2.45) is 29.6 Å². The van der Waals surface area contributed by atoms with Crippen LogP contribution in [0, 0.1) is 29.6 Å². The summed E-state index contributed by atoms with van der Waals surface area (Å²) < 4.78 is 0. The van der Waals surface area contributed by atoms with Crippen molar-refractivity contribution in [1.29, 1.82) is 0 Å². The van der Waals surface area contributed by atoms with Gasteiger partial charge in [0.15, 0.2) is 0 Å². The summed E-state index contributed by atoms with van der Waals surface area (Å²) in [5, 5.41) is 4.62. The molecule has 5 fully saturated rings. The second-order valence-corrected chi connectivity index (χ2v) is 19.7.